The molecule has 0 spiro atoms. The van der Waals surface area contributed by atoms with Crippen LogP contribution in [0.3, 0.4) is 0 Å². The van der Waals surface area contributed by atoms with E-state index in [0.29, 0.717) is 37.9 Å². The highest BCUT2D eigenvalue weighted by atomic mass is 19.1. The van der Waals surface area contributed by atoms with Gasteiger partial charge in [0.1, 0.15) is 5.82 Å². The van der Waals surface area contributed by atoms with Crippen molar-refractivity contribution in [1.29, 1.82) is 0 Å². The van der Waals surface area contributed by atoms with Crippen LogP contribution in [-0.4, -0.2) is 36.9 Å². The summed E-state index contributed by atoms with van der Waals surface area (Å²) in [5, 5.41) is 2.77. The second-order valence-electron chi connectivity index (χ2n) is 7.09. The number of nitrogens with zero attached hydrogens (tertiary/aromatic N) is 1. The predicted octanol–water partition coefficient (Wildman–Crippen LogP) is 3.41. The minimum Gasteiger partial charge on any atom is -0.359 e. The van der Waals surface area contributed by atoms with Crippen molar-refractivity contribution in [2.45, 2.75) is 26.2 Å². The van der Waals surface area contributed by atoms with Gasteiger partial charge in [0.25, 0.3) is 0 Å². The van der Waals surface area contributed by atoms with Crippen LogP contribution >= 0.6 is 0 Å². The molecule has 27 heavy (non-hydrogen) atoms. The van der Waals surface area contributed by atoms with Crippen LogP contribution in [0.15, 0.2) is 48.5 Å². The van der Waals surface area contributed by atoms with E-state index in [-0.39, 0.29) is 17.6 Å². The molecule has 2 amide bonds. The topological polar surface area (TPSA) is 49.4 Å². The summed E-state index contributed by atoms with van der Waals surface area (Å²) < 4.78 is 14.4. The number of hydrogen-bond donors (Lipinski definition) is 1. The number of carbonyl (C=O) groups excluding carboxylic acids is 2. The van der Waals surface area contributed by atoms with Crippen molar-refractivity contribution in [3.8, 4) is 11.1 Å². The van der Waals surface area contributed by atoms with Gasteiger partial charge in [0, 0.05) is 32.1 Å². The van der Waals surface area contributed by atoms with Gasteiger partial charge in [-0.05, 0) is 30.0 Å². The lowest BCUT2D eigenvalue weighted by Gasteiger charge is -2.28. The first-order valence-corrected chi connectivity index (χ1v) is 9.33. The maximum Gasteiger partial charge on any atom is 0.228 e. The molecule has 0 saturated carbocycles. The number of benzene rings is 2. The number of hydrogen-bond acceptors (Lipinski definition) is 2. The molecule has 1 heterocycles. The summed E-state index contributed by atoms with van der Waals surface area (Å²) >= 11 is 0. The third-order valence-corrected chi connectivity index (χ3v) is 5.43. The summed E-state index contributed by atoms with van der Waals surface area (Å²) in [6.45, 7) is 2.79. The van der Waals surface area contributed by atoms with E-state index < -0.39 is 5.41 Å². The standard InChI is InChI=1S/C22H25FN2O2/c1-3-20(26)25-13-12-22(15-25,21(27)24-2)14-16-8-4-5-9-17(16)18-10-6-7-11-19(18)23/h4-11H,3,12-15H2,1-2H3,(H,24,27). The van der Waals surface area contributed by atoms with Gasteiger partial charge < -0.3 is 10.2 Å². The molecule has 0 aliphatic carbocycles. The Labute approximate surface area is 159 Å². The van der Waals surface area contributed by atoms with Gasteiger partial charge in [0.2, 0.25) is 11.8 Å². The third kappa shape index (κ3) is 3.72. The average molecular weight is 368 g/mol. The zero-order valence-corrected chi connectivity index (χ0v) is 15.8. The monoisotopic (exact) mass is 368 g/mol. The lowest BCUT2D eigenvalue weighted by atomic mass is 9.78. The minimum atomic E-state index is -0.694. The highest BCUT2D eigenvalue weighted by Crippen LogP contribution is 2.38. The zero-order valence-electron chi connectivity index (χ0n) is 15.8. The second kappa shape index (κ2) is 7.91. The van der Waals surface area contributed by atoms with E-state index in [1.165, 1.54) is 6.07 Å². The molecule has 1 aliphatic heterocycles. The molecule has 2 aromatic carbocycles. The van der Waals surface area contributed by atoms with Crippen LogP contribution in [0, 0.1) is 11.2 Å². The van der Waals surface area contributed by atoms with Gasteiger partial charge in [-0.3, -0.25) is 9.59 Å². The lowest BCUT2D eigenvalue weighted by molar-refractivity contribution is -0.132. The van der Waals surface area contributed by atoms with Crippen LogP contribution in [0.5, 0.6) is 0 Å². The molecule has 3 rings (SSSR count). The number of rotatable bonds is 5. The molecule has 1 aliphatic rings. The third-order valence-electron chi connectivity index (χ3n) is 5.43. The Hall–Kier alpha value is -2.69. The van der Waals surface area contributed by atoms with Crippen LogP contribution in [-0.2, 0) is 16.0 Å². The number of nitrogens with one attached hydrogen (secondary N) is 1. The van der Waals surface area contributed by atoms with Crippen molar-refractivity contribution in [3.63, 3.8) is 0 Å². The Bertz CT molecular complexity index is 852. The fraction of sp³-hybridized carbons (Fsp3) is 0.364. The molecule has 5 heteroatoms. The molecule has 1 unspecified atom stereocenters. The number of halogens is 1. The van der Waals surface area contributed by atoms with Gasteiger partial charge >= 0.3 is 0 Å². The summed E-state index contributed by atoms with van der Waals surface area (Å²) in [6, 6.07) is 14.3. The fourth-order valence-corrected chi connectivity index (χ4v) is 3.97. The van der Waals surface area contributed by atoms with Crippen molar-refractivity contribution in [1.82, 2.24) is 10.2 Å². The largest absolute Gasteiger partial charge is 0.359 e. The van der Waals surface area contributed by atoms with Crippen LogP contribution in [0.4, 0.5) is 4.39 Å². The molecule has 142 valence electrons. The minimum absolute atomic E-state index is 0.0585. The molecule has 4 nitrogen and oxygen atoms in total. The molecule has 1 N–H and O–H groups in total. The van der Waals surface area contributed by atoms with Crippen LogP contribution in [0.1, 0.15) is 25.3 Å². The molecule has 0 bridgehead atoms. The number of carbonyl (C=O) groups is 2. The Morgan fingerprint density at radius 3 is 2.44 bits per heavy atom. The van der Waals surface area contributed by atoms with E-state index in [2.05, 4.69) is 5.32 Å². The summed E-state index contributed by atoms with van der Waals surface area (Å²) in [6.07, 6.45) is 1.49. The predicted molar refractivity (Wildman–Crippen MR) is 104 cm³/mol. The molecular weight excluding hydrogens is 343 g/mol. The Morgan fingerprint density at radius 2 is 1.78 bits per heavy atom. The van der Waals surface area contributed by atoms with Crippen LogP contribution in [0.25, 0.3) is 11.1 Å². The normalized spacial score (nSPS) is 19.1. The second-order valence-corrected chi connectivity index (χ2v) is 7.09. The van der Waals surface area contributed by atoms with E-state index in [4.69, 9.17) is 0 Å². The maximum atomic E-state index is 14.4. The average Bonchev–Trinajstić information content (AvgIpc) is 3.13. The van der Waals surface area contributed by atoms with Gasteiger partial charge in [-0.25, -0.2) is 4.39 Å². The van der Waals surface area contributed by atoms with E-state index in [1.807, 2.05) is 31.2 Å². The van der Waals surface area contributed by atoms with E-state index >= 15 is 0 Å². The fourth-order valence-electron chi connectivity index (χ4n) is 3.97. The lowest BCUT2D eigenvalue weighted by Crippen LogP contribution is -2.44. The zero-order chi connectivity index (χ0) is 19.4. The van der Waals surface area contributed by atoms with Gasteiger partial charge in [0.05, 0.1) is 5.41 Å². The molecule has 1 fully saturated rings. The van der Waals surface area contributed by atoms with Crippen molar-refractivity contribution >= 4 is 11.8 Å². The van der Waals surface area contributed by atoms with E-state index in [9.17, 15) is 14.0 Å². The molecule has 0 radical (unpaired) electrons. The molecule has 1 atom stereocenters. The highest BCUT2D eigenvalue weighted by Gasteiger charge is 2.45. The quantitative estimate of drug-likeness (QED) is 0.879. The molecule has 0 aromatic heterocycles. The Balaban J connectivity index is 1.98. The number of amides is 2. The van der Waals surface area contributed by atoms with Gasteiger partial charge in [-0.15, -0.1) is 0 Å². The van der Waals surface area contributed by atoms with Gasteiger partial charge in [-0.1, -0.05) is 49.4 Å². The van der Waals surface area contributed by atoms with Gasteiger partial charge in [-0.2, -0.15) is 0 Å². The number of likely N-dealkylation sites (tertiary alicyclic amines) is 1. The smallest absolute Gasteiger partial charge is 0.228 e. The Kier molecular flexibility index (Phi) is 5.59. The summed E-state index contributed by atoms with van der Waals surface area (Å²) in [5.74, 6) is -0.298. The van der Waals surface area contributed by atoms with Gasteiger partial charge in [0.15, 0.2) is 0 Å². The summed E-state index contributed by atoms with van der Waals surface area (Å²) in [4.78, 5) is 26.7. The maximum absolute atomic E-state index is 14.4. The highest BCUT2D eigenvalue weighted by molar-refractivity contribution is 5.86. The van der Waals surface area contributed by atoms with Crippen molar-refractivity contribution in [2.24, 2.45) is 5.41 Å². The first-order valence-electron chi connectivity index (χ1n) is 9.33. The van der Waals surface area contributed by atoms with Crippen molar-refractivity contribution in [2.75, 3.05) is 20.1 Å². The van der Waals surface area contributed by atoms with E-state index in [0.717, 1.165) is 11.1 Å². The van der Waals surface area contributed by atoms with Crippen molar-refractivity contribution in [3.05, 3.63) is 59.9 Å². The summed E-state index contributed by atoms with van der Waals surface area (Å²) in [5.41, 5.74) is 1.54. The van der Waals surface area contributed by atoms with Crippen molar-refractivity contribution < 1.29 is 14.0 Å². The Morgan fingerprint density at radius 1 is 1.11 bits per heavy atom. The van der Waals surface area contributed by atoms with Crippen LogP contribution < -0.4 is 5.32 Å². The summed E-state index contributed by atoms with van der Waals surface area (Å²) in [7, 11) is 1.62. The molecular formula is C22H25FN2O2. The molecule has 1 saturated heterocycles. The molecule has 2 aromatic rings. The van der Waals surface area contributed by atoms with Crippen LogP contribution in [0.2, 0.25) is 0 Å². The first-order chi connectivity index (χ1) is 13.0. The van der Waals surface area contributed by atoms with E-state index in [1.54, 1.807) is 30.1 Å². The SMILES string of the molecule is CCC(=O)N1CCC(Cc2ccccc2-c2ccccc2F)(C(=O)NC)C1. The first kappa shape index (κ1) is 19.1.